The molecule has 0 saturated carbocycles. The smallest absolute Gasteiger partial charge is 0.153 e. The van der Waals surface area contributed by atoms with E-state index >= 15 is 0 Å². The summed E-state index contributed by atoms with van der Waals surface area (Å²) < 4.78 is 0. The highest BCUT2D eigenvalue weighted by molar-refractivity contribution is 5.82. The Balaban J connectivity index is 2.16. The van der Waals surface area contributed by atoms with Crippen LogP contribution in [0.2, 0.25) is 0 Å². The highest BCUT2D eigenvalue weighted by Gasteiger charge is 2.20. The average Bonchev–Trinajstić information content (AvgIpc) is 2.54. The number of carbonyl (C=O) groups is 1. The molecule has 1 atom stereocenters. The van der Waals surface area contributed by atoms with Gasteiger partial charge < -0.3 is 15.4 Å². The van der Waals surface area contributed by atoms with Crippen LogP contribution >= 0.6 is 0 Å². The van der Waals surface area contributed by atoms with Crippen LogP contribution in [0.1, 0.15) is 11.6 Å². The van der Waals surface area contributed by atoms with Crippen molar-refractivity contribution in [2.24, 2.45) is 0 Å². The van der Waals surface area contributed by atoms with Crippen molar-refractivity contribution in [1.29, 1.82) is 0 Å². The van der Waals surface area contributed by atoms with E-state index in [0.717, 1.165) is 29.0 Å². The van der Waals surface area contributed by atoms with Gasteiger partial charge in [-0.1, -0.05) is 18.2 Å². The largest absolute Gasteiger partial charge is 0.369 e. The van der Waals surface area contributed by atoms with Crippen molar-refractivity contribution in [2.45, 2.75) is 6.04 Å². The molecule has 2 aromatic rings. The van der Waals surface area contributed by atoms with Gasteiger partial charge in [0, 0.05) is 17.4 Å². The number of nitrogens with zero attached hydrogens (tertiary/aromatic N) is 1. The number of hydrogen-bond acceptors (Lipinski definition) is 4. The summed E-state index contributed by atoms with van der Waals surface area (Å²) in [6, 6.07) is 11.1. The SMILES string of the molecule is O=CC1Nc2cccnc2Nc2ccccc21. The van der Waals surface area contributed by atoms with Crippen LogP contribution in [0.25, 0.3) is 0 Å². The molecule has 0 amide bonds. The Labute approximate surface area is 98.7 Å². The van der Waals surface area contributed by atoms with Crippen LogP contribution in [0.3, 0.4) is 0 Å². The molecule has 0 aliphatic carbocycles. The molecule has 1 aromatic heterocycles. The summed E-state index contributed by atoms with van der Waals surface area (Å²) >= 11 is 0. The molecular formula is C13H11N3O. The zero-order valence-electron chi connectivity index (χ0n) is 9.05. The first-order chi connectivity index (χ1) is 8.38. The standard InChI is InChI=1S/C13H11N3O/c17-8-12-9-4-1-2-5-10(9)16-13-11(15-12)6-3-7-14-13/h1-8,12,15H,(H,14,16). The van der Waals surface area contributed by atoms with E-state index in [1.807, 2.05) is 36.4 Å². The Morgan fingerprint density at radius 2 is 1.94 bits per heavy atom. The minimum Gasteiger partial charge on any atom is -0.369 e. The quantitative estimate of drug-likeness (QED) is 0.732. The minimum absolute atomic E-state index is 0.343. The highest BCUT2D eigenvalue weighted by Crippen LogP contribution is 2.34. The Hall–Kier alpha value is -2.36. The van der Waals surface area contributed by atoms with Crippen LogP contribution < -0.4 is 10.6 Å². The first-order valence-corrected chi connectivity index (χ1v) is 5.41. The Morgan fingerprint density at radius 3 is 2.82 bits per heavy atom. The first kappa shape index (κ1) is 9.84. The molecule has 2 N–H and O–H groups in total. The van der Waals surface area contributed by atoms with Gasteiger partial charge in [-0.3, -0.25) is 0 Å². The van der Waals surface area contributed by atoms with E-state index in [1.165, 1.54) is 0 Å². The van der Waals surface area contributed by atoms with Crippen molar-refractivity contribution in [3.8, 4) is 0 Å². The van der Waals surface area contributed by atoms with Crippen LogP contribution in [0.15, 0.2) is 42.6 Å². The molecule has 1 unspecified atom stereocenters. The third kappa shape index (κ3) is 1.63. The van der Waals surface area contributed by atoms with Gasteiger partial charge in [-0.05, 0) is 18.2 Å². The van der Waals surface area contributed by atoms with E-state index in [1.54, 1.807) is 6.20 Å². The summed E-state index contributed by atoms with van der Waals surface area (Å²) in [5.74, 6) is 0.740. The average molecular weight is 225 g/mol. The number of benzene rings is 1. The molecule has 0 radical (unpaired) electrons. The number of nitrogens with one attached hydrogen (secondary N) is 2. The van der Waals surface area contributed by atoms with Gasteiger partial charge >= 0.3 is 0 Å². The lowest BCUT2D eigenvalue weighted by atomic mass is 10.1. The van der Waals surface area contributed by atoms with Gasteiger partial charge in [0.15, 0.2) is 5.82 Å². The van der Waals surface area contributed by atoms with E-state index in [2.05, 4.69) is 15.6 Å². The second-order valence-corrected chi connectivity index (χ2v) is 3.87. The van der Waals surface area contributed by atoms with E-state index in [0.29, 0.717) is 0 Å². The Morgan fingerprint density at radius 1 is 1.12 bits per heavy atom. The fourth-order valence-corrected chi connectivity index (χ4v) is 1.98. The number of aromatic nitrogens is 1. The van der Waals surface area contributed by atoms with Crippen molar-refractivity contribution in [2.75, 3.05) is 10.6 Å². The van der Waals surface area contributed by atoms with Gasteiger partial charge in [-0.2, -0.15) is 0 Å². The number of carbonyl (C=O) groups excluding carboxylic acids is 1. The predicted octanol–water partition coefficient (Wildman–Crippen LogP) is 2.49. The number of anilines is 3. The van der Waals surface area contributed by atoms with Crippen LogP contribution in [0.5, 0.6) is 0 Å². The van der Waals surface area contributed by atoms with Crippen molar-refractivity contribution < 1.29 is 4.79 Å². The van der Waals surface area contributed by atoms with E-state index < -0.39 is 0 Å². The Bertz CT molecular complexity index is 568. The van der Waals surface area contributed by atoms with Crippen LogP contribution in [-0.2, 0) is 4.79 Å². The molecule has 0 spiro atoms. The van der Waals surface area contributed by atoms with Gasteiger partial charge in [0.25, 0.3) is 0 Å². The van der Waals surface area contributed by atoms with E-state index in [-0.39, 0.29) is 6.04 Å². The van der Waals surface area contributed by atoms with E-state index in [4.69, 9.17) is 0 Å². The summed E-state index contributed by atoms with van der Waals surface area (Å²) in [6.45, 7) is 0. The van der Waals surface area contributed by atoms with Gasteiger partial charge in [-0.25, -0.2) is 4.98 Å². The molecule has 17 heavy (non-hydrogen) atoms. The molecule has 4 nitrogen and oxygen atoms in total. The third-order valence-corrected chi connectivity index (χ3v) is 2.80. The normalized spacial score (nSPS) is 16.8. The number of para-hydroxylation sites is 1. The zero-order chi connectivity index (χ0) is 11.7. The van der Waals surface area contributed by atoms with Gasteiger partial charge in [0.2, 0.25) is 0 Å². The second-order valence-electron chi connectivity index (χ2n) is 3.87. The van der Waals surface area contributed by atoms with Gasteiger partial charge in [0.1, 0.15) is 12.3 Å². The zero-order valence-corrected chi connectivity index (χ0v) is 9.05. The van der Waals surface area contributed by atoms with E-state index in [9.17, 15) is 4.79 Å². The van der Waals surface area contributed by atoms with Gasteiger partial charge in [-0.15, -0.1) is 0 Å². The number of aldehydes is 1. The third-order valence-electron chi connectivity index (χ3n) is 2.80. The predicted molar refractivity (Wildman–Crippen MR) is 66.4 cm³/mol. The molecule has 0 saturated heterocycles. The molecule has 1 aliphatic rings. The lowest BCUT2D eigenvalue weighted by Crippen LogP contribution is -2.10. The van der Waals surface area contributed by atoms with Crippen LogP contribution in [-0.4, -0.2) is 11.3 Å². The summed E-state index contributed by atoms with van der Waals surface area (Å²) in [4.78, 5) is 15.4. The number of hydrogen-bond donors (Lipinski definition) is 2. The summed E-state index contributed by atoms with van der Waals surface area (Å²) in [7, 11) is 0. The monoisotopic (exact) mass is 225 g/mol. The second kappa shape index (κ2) is 3.90. The topological polar surface area (TPSA) is 54.0 Å². The molecule has 0 bridgehead atoms. The molecular weight excluding hydrogens is 214 g/mol. The lowest BCUT2D eigenvalue weighted by Gasteiger charge is -2.12. The molecule has 1 aromatic carbocycles. The maximum atomic E-state index is 11.2. The fraction of sp³-hybridized carbons (Fsp3) is 0.0769. The summed E-state index contributed by atoms with van der Waals surface area (Å²) in [6.07, 6.45) is 2.62. The maximum Gasteiger partial charge on any atom is 0.153 e. The first-order valence-electron chi connectivity index (χ1n) is 5.41. The molecule has 0 fully saturated rings. The number of fused-ring (bicyclic) bond motifs is 2. The van der Waals surface area contributed by atoms with Gasteiger partial charge in [0.05, 0.1) is 5.69 Å². The van der Waals surface area contributed by atoms with Crippen LogP contribution in [0.4, 0.5) is 17.2 Å². The highest BCUT2D eigenvalue weighted by atomic mass is 16.1. The maximum absolute atomic E-state index is 11.2. The molecule has 1 aliphatic heterocycles. The number of pyridine rings is 1. The lowest BCUT2D eigenvalue weighted by molar-refractivity contribution is -0.108. The molecule has 3 rings (SSSR count). The minimum atomic E-state index is -0.343. The number of rotatable bonds is 1. The fourth-order valence-electron chi connectivity index (χ4n) is 1.98. The summed E-state index contributed by atoms with van der Waals surface area (Å²) in [5, 5.41) is 6.41. The Kier molecular flexibility index (Phi) is 2.26. The molecule has 4 heteroatoms. The molecule has 2 heterocycles. The summed E-state index contributed by atoms with van der Waals surface area (Å²) in [5.41, 5.74) is 2.68. The van der Waals surface area contributed by atoms with Crippen molar-refractivity contribution in [1.82, 2.24) is 4.98 Å². The van der Waals surface area contributed by atoms with Crippen LogP contribution in [0, 0.1) is 0 Å². The molecule has 84 valence electrons. The van der Waals surface area contributed by atoms with Crippen molar-refractivity contribution in [3.05, 3.63) is 48.2 Å². The van der Waals surface area contributed by atoms with Crippen molar-refractivity contribution in [3.63, 3.8) is 0 Å². The van der Waals surface area contributed by atoms with Crippen molar-refractivity contribution >= 4 is 23.5 Å².